The van der Waals surface area contributed by atoms with Crippen molar-refractivity contribution in [3.05, 3.63) is 59.7 Å². The molecule has 1 saturated heterocycles. The summed E-state index contributed by atoms with van der Waals surface area (Å²) >= 11 is 0. The molecule has 178 valence electrons. The summed E-state index contributed by atoms with van der Waals surface area (Å²) in [6.07, 6.45) is 10.8. The van der Waals surface area contributed by atoms with Gasteiger partial charge in [0.05, 0.1) is 30.4 Å². The van der Waals surface area contributed by atoms with Gasteiger partial charge in [0, 0.05) is 12.2 Å². The molecule has 8 heteroatoms. The van der Waals surface area contributed by atoms with E-state index in [1.54, 1.807) is 18.5 Å². The first-order valence-electron chi connectivity index (χ1n) is 12.2. The quantitative estimate of drug-likeness (QED) is 0.392. The van der Waals surface area contributed by atoms with Gasteiger partial charge in [-0.3, -0.25) is 4.57 Å². The van der Waals surface area contributed by atoms with Crippen LogP contribution in [0.2, 0.25) is 0 Å². The smallest absolute Gasteiger partial charge is 0.337 e. The molecule has 8 nitrogen and oxygen atoms in total. The standard InChI is InChI=1S/C27H27N5O3/c1-34-27(33)18-11-9-17(10-12-18)21-14-19-6-2-3-7-20(19)23(31-21)24-25-26(29-15-28-24)32(16-30-25)22-8-4-5-13-35-22/h9-12,14-16,22H,2-8,13H2,1H3. The molecule has 6 rings (SSSR count). The Morgan fingerprint density at radius 3 is 2.69 bits per heavy atom. The molecule has 0 saturated carbocycles. The minimum Gasteiger partial charge on any atom is -0.465 e. The highest BCUT2D eigenvalue weighted by molar-refractivity contribution is 5.90. The first-order chi connectivity index (χ1) is 17.2. The maximum absolute atomic E-state index is 11.9. The number of pyridine rings is 1. The monoisotopic (exact) mass is 469 g/mol. The number of aromatic nitrogens is 5. The second kappa shape index (κ2) is 9.19. The Hall–Kier alpha value is -3.65. The predicted octanol–water partition coefficient (Wildman–Crippen LogP) is 4.92. The van der Waals surface area contributed by atoms with Crippen LogP contribution in [0.3, 0.4) is 0 Å². The molecule has 4 heterocycles. The zero-order chi connectivity index (χ0) is 23.8. The van der Waals surface area contributed by atoms with Crippen molar-refractivity contribution in [1.29, 1.82) is 0 Å². The lowest BCUT2D eigenvalue weighted by molar-refractivity contribution is -0.0298. The lowest BCUT2D eigenvalue weighted by atomic mass is 9.88. The van der Waals surface area contributed by atoms with Crippen LogP contribution >= 0.6 is 0 Å². The van der Waals surface area contributed by atoms with E-state index in [2.05, 4.69) is 16.0 Å². The van der Waals surface area contributed by atoms with Crippen molar-refractivity contribution < 1.29 is 14.3 Å². The Kier molecular flexibility index (Phi) is 5.74. The van der Waals surface area contributed by atoms with E-state index >= 15 is 0 Å². The highest BCUT2D eigenvalue weighted by Gasteiger charge is 2.24. The average Bonchev–Trinajstić information content (AvgIpc) is 3.37. The summed E-state index contributed by atoms with van der Waals surface area (Å²) in [5, 5.41) is 0. The second-order valence-electron chi connectivity index (χ2n) is 9.14. The summed E-state index contributed by atoms with van der Waals surface area (Å²) in [6.45, 7) is 0.758. The number of rotatable bonds is 4. The van der Waals surface area contributed by atoms with E-state index in [0.29, 0.717) is 5.56 Å². The molecule has 0 amide bonds. The van der Waals surface area contributed by atoms with Gasteiger partial charge in [-0.1, -0.05) is 12.1 Å². The fourth-order valence-electron chi connectivity index (χ4n) is 5.16. The number of carbonyl (C=O) groups excluding carboxylic acids is 1. The molecule has 3 aromatic heterocycles. The minimum atomic E-state index is -0.350. The lowest BCUT2D eigenvalue weighted by Crippen LogP contribution is -2.17. The fourth-order valence-corrected chi connectivity index (χ4v) is 5.16. The third-order valence-electron chi connectivity index (χ3n) is 6.99. The normalized spacial score (nSPS) is 17.8. The van der Waals surface area contributed by atoms with Gasteiger partial charge in [-0.2, -0.15) is 0 Å². The predicted molar refractivity (Wildman–Crippen MR) is 131 cm³/mol. The number of benzene rings is 1. The Labute approximate surface area is 203 Å². The third kappa shape index (κ3) is 3.97. The molecule has 0 spiro atoms. The van der Waals surface area contributed by atoms with E-state index in [1.165, 1.54) is 18.2 Å². The molecule has 1 fully saturated rings. The maximum atomic E-state index is 11.9. The third-order valence-corrected chi connectivity index (χ3v) is 6.99. The van der Waals surface area contributed by atoms with Gasteiger partial charge in [-0.05, 0) is 74.3 Å². The minimum absolute atomic E-state index is 0.0435. The summed E-state index contributed by atoms with van der Waals surface area (Å²) in [4.78, 5) is 30.9. The van der Waals surface area contributed by atoms with Crippen molar-refractivity contribution in [2.45, 2.75) is 51.2 Å². The van der Waals surface area contributed by atoms with Crippen LogP contribution in [0.25, 0.3) is 33.8 Å². The zero-order valence-electron chi connectivity index (χ0n) is 19.7. The van der Waals surface area contributed by atoms with Crippen molar-refractivity contribution in [3.63, 3.8) is 0 Å². The SMILES string of the molecule is COC(=O)c1ccc(-c2cc3c(c(-c4ncnc5c4ncn5C4CCCCO4)n2)CCCC3)cc1. The summed E-state index contributed by atoms with van der Waals surface area (Å²) in [6, 6.07) is 9.56. The Morgan fingerprint density at radius 2 is 1.89 bits per heavy atom. The van der Waals surface area contributed by atoms with E-state index in [-0.39, 0.29) is 12.2 Å². The number of nitrogens with zero attached hydrogens (tertiary/aromatic N) is 5. The van der Waals surface area contributed by atoms with Crippen LogP contribution in [-0.4, -0.2) is 44.2 Å². The molecule has 1 unspecified atom stereocenters. The molecule has 0 N–H and O–H groups in total. The van der Waals surface area contributed by atoms with Crippen LogP contribution in [-0.2, 0) is 22.3 Å². The van der Waals surface area contributed by atoms with Gasteiger partial charge < -0.3 is 9.47 Å². The lowest BCUT2D eigenvalue weighted by Gasteiger charge is -2.23. The first kappa shape index (κ1) is 21.9. The number of hydrogen-bond donors (Lipinski definition) is 0. The van der Waals surface area contributed by atoms with Crippen LogP contribution in [0.1, 0.15) is 59.8 Å². The van der Waals surface area contributed by atoms with Crippen LogP contribution < -0.4 is 0 Å². The molecular weight excluding hydrogens is 442 g/mol. The molecule has 0 radical (unpaired) electrons. The number of methoxy groups -OCH3 is 1. The number of carbonyl (C=O) groups is 1. The summed E-state index contributed by atoms with van der Waals surface area (Å²) < 4.78 is 12.9. The van der Waals surface area contributed by atoms with Crippen LogP contribution in [0.4, 0.5) is 0 Å². The van der Waals surface area contributed by atoms with Gasteiger partial charge >= 0.3 is 5.97 Å². The van der Waals surface area contributed by atoms with Gasteiger partial charge in [-0.25, -0.2) is 24.7 Å². The highest BCUT2D eigenvalue weighted by atomic mass is 16.5. The first-order valence-corrected chi connectivity index (χ1v) is 12.2. The molecule has 4 aromatic rings. The average molecular weight is 470 g/mol. The van der Waals surface area contributed by atoms with Gasteiger partial charge in [0.15, 0.2) is 5.65 Å². The maximum Gasteiger partial charge on any atom is 0.337 e. The van der Waals surface area contributed by atoms with E-state index in [0.717, 1.165) is 85.4 Å². The highest BCUT2D eigenvalue weighted by Crippen LogP contribution is 2.36. The van der Waals surface area contributed by atoms with Crippen LogP contribution in [0.5, 0.6) is 0 Å². The molecule has 1 aliphatic carbocycles. The summed E-state index contributed by atoms with van der Waals surface area (Å²) in [5.41, 5.74) is 8.03. The van der Waals surface area contributed by atoms with Crippen molar-refractivity contribution >= 4 is 17.1 Å². The van der Waals surface area contributed by atoms with E-state index < -0.39 is 0 Å². The topological polar surface area (TPSA) is 92.0 Å². The second-order valence-corrected chi connectivity index (χ2v) is 9.14. The van der Waals surface area contributed by atoms with Gasteiger partial charge in [-0.15, -0.1) is 0 Å². The number of aryl methyl sites for hydroxylation is 1. The Balaban J connectivity index is 1.47. The van der Waals surface area contributed by atoms with Crippen molar-refractivity contribution in [1.82, 2.24) is 24.5 Å². The number of hydrogen-bond acceptors (Lipinski definition) is 7. The summed E-state index contributed by atoms with van der Waals surface area (Å²) in [7, 11) is 1.39. The number of fused-ring (bicyclic) bond motifs is 2. The van der Waals surface area contributed by atoms with Crippen LogP contribution in [0.15, 0.2) is 43.0 Å². The Morgan fingerprint density at radius 1 is 1.03 bits per heavy atom. The van der Waals surface area contributed by atoms with Crippen molar-refractivity contribution in [2.75, 3.05) is 13.7 Å². The molecule has 1 aromatic carbocycles. The van der Waals surface area contributed by atoms with Crippen molar-refractivity contribution in [2.24, 2.45) is 0 Å². The van der Waals surface area contributed by atoms with Gasteiger partial charge in [0.1, 0.15) is 23.8 Å². The molecule has 1 aliphatic heterocycles. The summed E-state index contributed by atoms with van der Waals surface area (Å²) in [5.74, 6) is -0.350. The number of esters is 1. The van der Waals surface area contributed by atoms with Gasteiger partial charge in [0.2, 0.25) is 0 Å². The molecule has 0 bridgehead atoms. The molecule has 2 aliphatic rings. The van der Waals surface area contributed by atoms with E-state index in [9.17, 15) is 4.79 Å². The molecule has 1 atom stereocenters. The molecular formula is C27H27N5O3. The number of imidazole rings is 1. The zero-order valence-corrected chi connectivity index (χ0v) is 19.7. The largest absolute Gasteiger partial charge is 0.465 e. The molecule has 35 heavy (non-hydrogen) atoms. The van der Waals surface area contributed by atoms with E-state index in [1.807, 2.05) is 23.0 Å². The fraction of sp³-hybridized carbons (Fsp3) is 0.370. The van der Waals surface area contributed by atoms with Crippen molar-refractivity contribution in [3.8, 4) is 22.6 Å². The van der Waals surface area contributed by atoms with E-state index in [4.69, 9.17) is 19.4 Å². The van der Waals surface area contributed by atoms with Gasteiger partial charge in [0.25, 0.3) is 0 Å². The Bertz CT molecular complexity index is 1390. The van der Waals surface area contributed by atoms with Crippen LogP contribution in [0, 0.1) is 0 Å². The number of ether oxygens (including phenoxy) is 2.